The largest absolute Gasteiger partial charge is 0.409 e. The monoisotopic (exact) mass is 226 g/mol. The number of hydrogen-bond acceptors (Lipinski definition) is 5. The minimum Gasteiger partial charge on any atom is -0.409 e. The molecule has 1 aromatic heterocycles. The summed E-state index contributed by atoms with van der Waals surface area (Å²) in [5.74, 6) is 0.192. The number of oxime groups is 1. The molecule has 0 amide bonds. The maximum Gasteiger partial charge on any atom is 0.153 e. The van der Waals surface area contributed by atoms with Gasteiger partial charge in [0.1, 0.15) is 0 Å². The lowest BCUT2D eigenvalue weighted by molar-refractivity contribution is 0.236. The number of aryl methyl sites for hydroxylation is 1. The first kappa shape index (κ1) is 12.4. The molecule has 0 aliphatic rings. The van der Waals surface area contributed by atoms with Gasteiger partial charge in [-0.05, 0) is 13.8 Å². The summed E-state index contributed by atoms with van der Waals surface area (Å²) < 4.78 is 1.65. The fourth-order valence-electron chi connectivity index (χ4n) is 1.34. The zero-order chi connectivity index (χ0) is 12.1. The van der Waals surface area contributed by atoms with Gasteiger partial charge in [0.25, 0.3) is 0 Å². The van der Waals surface area contributed by atoms with Crippen molar-refractivity contribution in [3.8, 4) is 0 Å². The number of nitrogens with two attached hydrogens (primary N) is 1. The van der Waals surface area contributed by atoms with E-state index in [9.17, 15) is 0 Å². The van der Waals surface area contributed by atoms with Gasteiger partial charge in [0.15, 0.2) is 5.84 Å². The zero-order valence-electron chi connectivity index (χ0n) is 9.83. The van der Waals surface area contributed by atoms with Crippen LogP contribution in [0, 0.1) is 0 Å². The molecule has 0 atom stereocenters. The number of nitrogens with zero attached hydrogens (tertiary/aromatic N) is 5. The van der Waals surface area contributed by atoms with Crippen molar-refractivity contribution >= 4 is 5.84 Å². The Labute approximate surface area is 94.5 Å². The second-order valence-corrected chi connectivity index (χ2v) is 3.97. The molecule has 1 aromatic rings. The second kappa shape index (κ2) is 5.45. The molecule has 0 bridgehead atoms. The minimum atomic E-state index is 0.192. The molecule has 1 rings (SSSR count). The molecule has 0 aliphatic carbocycles. The van der Waals surface area contributed by atoms with Gasteiger partial charge in [-0.15, -0.1) is 5.10 Å². The summed E-state index contributed by atoms with van der Waals surface area (Å²) in [7, 11) is 1.82. The topological polar surface area (TPSA) is 92.6 Å². The predicted molar refractivity (Wildman–Crippen MR) is 60.0 cm³/mol. The lowest BCUT2D eigenvalue weighted by atomic mass is 10.3. The lowest BCUT2D eigenvalue weighted by Gasteiger charge is -2.24. The fourth-order valence-corrected chi connectivity index (χ4v) is 1.34. The van der Waals surface area contributed by atoms with Crippen LogP contribution >= 0.6 is 0 Å². The Balaban J connectivity index is 2.65. The third-order valence-electron chi connectivity index (χ3n) is 2.24. The number of hydrogen-bond donors (Lipinski definition) is 2. The first-order valence-corrected chi connectivity index (χ1v) is 5.08. The van der Waals surface area contributed by atoms with Gasteiger partial charge in [-0.1, -0.05) is 10.4 Å². The van der Waals surface area contributed by atoms with E-state index in [2.05, 4.69) is 15.5 Å². The summed E-state index contributed by atoms with van der Waals surface area (Å²) >= 11 is 0. The van der Waals surface area contributed by atoms with E-state index in [1.165, 1.54) is 0 Å². The third-order valence-corrected chi connectivity index (χ3v) is 2.24. The summed E-state index contributed by atoms with van der Waals surface area (Å²) in [4.78, 5) is 2.04. The van der Waals surface area contributed by atoms with Gasteiger partial charge in [-0.2, -0.15) is 0 Å². The molecule has 90 valence electrons. The maximum absolute atomic E-state index is 8.54. The van der Waals surface area contributed by atoms with Gasteiger partial charge in [-0.3, -0.25) is 9.58 Å². The standard InChI is InChI=1S/C9H18N6O/c1-7(2)15(6-9(10)12-16)5-8-4-14(3)13-11-8/h4,7,16H,5-6H2,1-3H3,(H2,10,12). The maximum atomic E-state index is 8.54. The highest BCUT2D eigenvalue weighted by atomic mass is 16.4. The van der Waals surface area contributed by atoms with E-state index in [0.29, 0.717) is 13.1 Å². The van der Waals surface area contributed by atoms with E-state index >= 15 is 0 Å². The van der Waals surface area contributed by atoms with E-state index in [-0.39, 0.29) is 11.9 Å². The van der Waals surface area contributed by atoms with Crippen molar-refractivity contribution < 1.29 is 5.21 Å². The van der Waals surface area contributed by atoms with Gasteiger partial charge < -0.3 is 10.9 Å². The Bertz CT molecular complexity index is 359. The third kappa shape index (κ3) is 3.50. The molecule has 16 heavy (non-hydrogen) atoms. The summed E-state index contributed by atoms with van der Waals surface area (Å²) in [6, 6.07) is 0.280. The molecule has 3 N–H and O–H groups in total. The normalized spacial score (nSPS) is 12.7. The predicted octanol–water partition coefficient (Wildman–Crippen LogP) is -0.228. The Morgan fingerprint density at radius 1 is 1.69 bits per heavy atom. The van der Waals surface area contributed by atoms with Crippen LogP contribution in [0.25, 0.3) is 0 Å². The summed E-state index contributed by atoms with van der Waals surface area (Å²) in [6.45, 7) is 5.12. The van der Waals surface area contributed by atoms with Crippen LogP contribution in [0.5, 0.6) is 0 Å². The van der Waals surface area contributed by atoms with Crippen LogP contribution < -0.4 is 5.73 Å². The molecular weight excluding hydrogens is 208 g/mol. The van der Waals surface area contributed by atoms with Crippen LogP contribution in [-0.4, -0.2) is 43.5 Å². The van der Waals surface area contributed by atoms with Gasteiger partial charge in [0, 0.05) is 25.8 Å². The van der Waals surface area contributed by atoms with E-state index in [1.54, 1.807) is 4.68 Å². The quantitative estimate of drug-likeness (QED) is 0.313. The molecule has 1 heterocycles. The van der Waals surface area contributed by atoms with Crippen molar-refractivity contribution in [3.05, 3.63) is 11.9 Å². The Morgan fingerprint density at radius 3 is 2.81 bits per heavy atom. The summed E-state index contributed by atoms with van der Waals surface area (Å²) in [6.07, 6.45) is 1.85. The van der Waals surface area contributed by atoms with Crippen LogP contribution in [0.2, 0.25) is 0 Å². The fraction of sp³-hybridized carbons (Fsp3) is 0.667. The molecule has 0 saturated carbocycles. The Hall–Kier alpha value is -1.63. The van der Waals surface area contributed by atoms with Crippen LogP contribution in [0.3, 0.4) is 0 Å². The highest BCUT2D eigenvalue weighted by Crippen LogP contribution is 2.04. The van der Waals surface area contributed by atoms with Gasteiger partial charge in [0.2, 0.25) is 0 Å². The SMILES string of the molecule is CC(C)N(CC(N)=NO)Cc1cn(C)nn1. The first-order chi connectivity index (χ1) is 7.52. The van der Waals surface area contributed by atoms with Crippen LogP contribution in [0.15, 0.2) is 11.4 Å². The van der Waals surface area contributed by atoms with Gasteiger partial charge in [-0.25, -0.2) is 0 Å². The molecule has 0 fully saturated rings. The first-order valence-electron chi connectivity index (χ1n) is 5.08. The lowest BCUT2D eigenvalue weighted by Crippen LogP contribution is -2.38. The van der Waals surface area contributed by atoms with Crippen LogP contribution in [0.4, 0.5) is 0 Å². The zero-order valence-corrected chi connectivity index (χ0v) is 9.83. The molecule has 0 aliphatic heterocycles. The average Bonchev–Trinajstić information content (AvgIpc) is 2.62. The highest BCUT2D eigenvalue weighted by Gasteiger charge is 2.13. The molecule has 0 radical (unpaired) electrons. The van der Waals surface area contributed by atoms with Crippen molar-refractivity contribution in [3.63, 3.8) is 0 Å². The average molecular weight is 226 g/mol. The van der Waals surface area contributed by atoms with Crippen molar-refractivity contribution in [1.82, 2.24) is 19.9 Å². The number of rotatable bonds is 5. The van der Waals surface area contributed by atoms with Crippen molar-refractivity contribution in [2.45, 2.75) is 26.4 Å². The van der Waals surface area contributed by atoms with Crippen molar-refractivity contribution in [2.75, 3.05) is 6.54 Å². The summed E-state index contributed by atoms with van der Waals surface area (Å²) in [5, 5.41) is 19.4. The minimum absolute atomic E-state index is 0.192. The van der Waals surface area contributed by atoms with E-state index < -0.39 is 0 Å². The molecule has 0 spiro atoms. The second-order valence-electron chi connectivity index (χ2n) is 3.97. The van der Waals surface area contributed by atoms with Crippen LogP contribution in [0.1, 0.15) is 19.5 Å². The molecule has 0 aromatic carbocycles. The van der Waals surface area contributed by atoms with Gasteiger partial charge >= 0.3 is 0 Å². The Kier molecular flexibility index (Phi) is 4.24. The number of amidine groups is 1. The smallest absolute Gasteiger partial charge is 0.153 e. The van der Waals surface area contributed by atoms with Crippen LogP contribution in [-0.2, 0) is 13.6 Å². The van der Waals surface area contributed by atoms with E-state index in [1.807, 2.05) is 32.0 Å². The highest BCUT2D eigenvalue weighted by molar-refractivity contribution is 5.81. The summed E-state index contributed by atoms with van der Waals surface area (Å²) in [5.41, 5.74) is 6.35. The Morgan fingerprint density at radius 2 is 2.38 bits per heavy atom. The van der Waals surface area contributed by atoms with Crippen molar-refractivity contribution in [1.29, 1.82) is 0 Å². The molecule has 0 saturated heterocycles. The van der Waals surface area contributed by atoms with E-state index in [4.69, 9.17) is 10.9 Å². The molecule has 7 heteroatoms. The molecule has 7 nitrogen and oxygen atoms in total. The van der Waals surface area contributed by atoms with E-state index in [0.717, 1.165) is 5.69 Å². The molecule has 0 unspecified atom stereocenters. The number of aromatic nitrogens is 3. The molecular formula is C9H18N6O. The van der Waals surface area contributed by atoms with Gasteiger partial charge in [0.05, 0.1) is 12.2 Å². The van der Waals surface area contributed by atoms with Crippen molar-refractivity contribution in [2.24, 2.45) is 17.9 Å².